The van der Waals surface area contributed by atoms with Crippen LogP contribution in [-0.2, 0) is 4.74 Å². The van der Waals surface area contributed by atoms with E-state index in [1.54, 1.807) is 19.0 Å². The molecule has 0 atom stereocenters. The number of nitrogens with zero attached hydrogens (tertiary/aromatic N) is 3. The Morgan fingerprint density at radius 3 is 2.52 bits per heavy atom. The van der Waals surface area contributed by atoms with Crippen LogP contribution in [0.4, 0.5) is 16.2 Å². The van der Waals surface area contributed by atoms with E-state index < -0.39 is 6.09 Å². The van der Waals surface area contributed by atoms with Gasteiger partial charge in [-0.1, -0.05) is 29.8 Å². The Balaban J connectivity index is 1.79. The third-order valence-electron chi connectivity index (χ3n) is 4.47. The molecule has 1 aliphatic heterocycles. The van der Waals surface area contributed by atoms with Crippen LogP contribution >= 0.6 is 11.6 Å². The number of carbonyl (C=O) groups is 1. The van der Waals surface area contributed by atoms with Crippen LogP contribution in [-0.4, -0.2) is 51.0 Å². The smallest absolute Gasteiger partial charge is 0.429 e. The first-order chi connectivity index (χ1) is 13.1. The van der Waals surface area contributed by atoms with Gasteiger partial charge in [0, 0.05) is 36.9 Å². The molecule has 0 N–H and O–H groups in total. The van der Waals surface area contributed by atoms with Crippen LogP contribution in [0.15, 0.2) is 48.5 Å². The van der Waals surface area contributed by atoms with Gasteiger partial charge in [0.25, 0.3) is 0 Å². The molecule has 2 aromatic rings. The number of benzene rings is 2. The Bertz CT molecular complexity index is 779. The number of piperazine rings is 1. The Hall–Kier alpha value is -2.44. The van der Waals surface area contributed by atoms with E-state index in [-0.39, 0.29) is 0 Å². The number of amides is 1. The van der Waals surface area contributed by atoms with Crippen LogP contribution in [0.2, 0.25) is 5.02 Å². The van der Waals surface area contributed by atoms with Gasteiger partial charge in [0.1, 0.15) is 11.4 Å². The molecule has 1 saturated heterocycles. The van der Waals surface area contributed by atoms with Gasteiger partial charge in [-0.25, -0.2) is 14.8 Å². The summed E-state index contributed by atoms with van der Waals surface area (Å²) in [6.07, 6.45) is -0.404. The Labute approximate surface area is 164 Å². The van der Waals surface area contributed by atoms with E-state index >= 15 is 0 Å². The van der Waals surface area contributed by atoms with Crippen molar-refractivity contribution >= 4 is 29.1 Å². The van der Waals surface area contributed by atoms with Gasteiger partial charge in [-0.05, 0) is 37.3 Å². The van der Waals surface area contributed by atoms with Crippen LogP contribution in [0.1, 0.15) is 6.92 Å². The van der Waals surface area contributed by atoms with Crippen molar-refractivity contribution in [3.63, 3.8) is 0 Å². The predicted molar refractivity (Wildman–Crippen MR) is 108 cm³/mol. The summed E-state index contributed by atoms with van der Waals surface area (Å²) in [5.74, 6) is 0.628. The van der Waals surface area contributed by atoms with Crippen molar-refractivity contribution in [3.8, 4) is 5.75 Å². The summed E-state index contributed by atoms with van der Waals surface area (Å²) in [5.41, 5.74) is 1.76. The molecule has 2 aromatic carbocycles. The van der Waals surface area contributed by atoms with E-state index in [0.29, 0.717) is 31.1 Å². The lowest BCUT2D eigenvalue weighted by Crippen LogP contribution is -2.56. The topological polar surface area (TPSA) is 45.2 Å². The molecule has 0 saturated carbocycles. The minimum atomic E-state index is -0.404. The summed E-state index contributed by atoms with van der Waals surface area (Å²) in [4.78, 5) is 14.9. The molecule has 7 heteroatoms. The highest BCUT2D eigenvalue weighted by Gasteiger charge is 2.30. The summed E-state index contributed by atoms with van der Waals surface area (Å²) in [7, 11) is 1.60. The van der Waals surface area contributed by atoms with E-state index in [0.717, 1.165) is 23.8 Å². The third-order valence-corrected chi connectivity index (χ3v) is 4.70. The quantitative estimate of drug-likeness (QED) is 0.772. The molecule has 0 unspecified atom stereocenters. The van der Waals surface area contributed by atoms with Gasteiger partial charge in [0.2, 0.25) is 0 Å². The second-order valence-corrected chi connectivity index (χ2v) is 6.54. The summed E-state index contributed by atoms with van der Waals surface area (Å²) in [6, 6.07) is 15.3. The number of halogens is 1. The van der Waals surface area contributed by atoms with Crippen LogP contribution in [0.3, 0.4) is 0 Å². The average molecular weight is 390 g/mol. The summed E-state index contributed by atoms with van der Waals surface area (Å²) in [6.45, 7) is 4.99. The zero-order valence-electron chi connectivity index (χ0n) is 15.6. The Morgan fingerprint density at radius 2 is 1.85 bits per heavy atom. The molecule has 144 valence electrons. The van der Waals surface area contributed by atoms with Crippen molar-refractivity contribution < 1.29 is 14.3 Å². The Kier molecular flexibility index (Phi) is 6.42. The van der Waals surface area contributed by atoms with Crippen LogP contribution in [0.25, 0.3) is 0 Å². The lowest BCUT2D eigenvalue weighted by molar-refractivity contribution is 0.130. The van der Waals surface area contributed by atoms with E-state index in [1.807, 2.05) is 53.5 Å². The van der Waals surface area contributed by atoms with Crippen molar-refractivity contribution in [1.29, 1.82) is 0 Å². The van der Waals surface area contributed by atoms with E-state index in [2.05, 4.69) is 4.90 Å². The number of ether oxygens (including phenoxy) is 2. The first kappa shape index (κ1) is 19.3. The first-order valence-corrected chi connectivity index (χ1v) is 9.37. The predicted octanol–water partition coefficient (Wildman–Crippen LogP) is 4.05. The third kappa shape index (κ3) is 4.46. The molecule has 0 aromatic heterocycles. The molecule has 0 aliphatic carbocycles. The SMILES string of the molecule is CCOC(=O)N(c1ccccc1OC)N1CCN(c2cccc(Cl)c2)CC1. The summed E-state index contributed by atoms with van der Waals surface area (Å²) < 4.78 is 10.7. The maximum atomic E-state index is 12.7. The monoisotopic (exact) mass is 389 g/mol. The van der Waals surface area contributed by atoms with E-state index in [1.165, 1.54) is 0 Å². The number of para-hydroxylation sites is 2. The van der Waals surface area contributed by atoms with Gasteiger partial charge in [0.05, 0.1) is 13.7 Å². The van der Waals surface area contributed by atoms with Gasteiger partial charge in [0.15, 0.2) is 0 Å². The molecule has 27 heavy (non-hydrogen) atoms. The normalized spacial score (nSPS) is 14.7. The lowest BCUT2D eigenvalue weighted by atomic mass is 10.2. The number of carbonyl (C=O) groups excluding carboxylic acids is 1. The first-order valence-electron chi connectivity index (χ1n) is 8.99. The average Bonchev–Trinajstić information content (AvgIpc) is 2.69. The molecule has 0 spiro atoms. The lowest BCUT2D eigenvalue weighted by Gasteiger charge is -2.41. The number of methoxy groups -OCH3 is 1. The summed E-state index contributed by atoms with van der Waals surface area (Å²) in [5, 5.41) is 4.30. The van der Waals surface area contributed by atoms with Crippen molar-refractivity contribution in [3.05, 3.63) is 53.6 Å². The molecule has 1 heterocycles. The molecule has 3 rings (SSSR count). The fourth-order valence-electron chi connectivity index (χ4n) is 3.18. The second kappa shape index (κ2) is 8.97. The molecular weight excluding hydrogens is 366 g/mol. The standard InChI is InChI=1S/C20H24ClN3O3/c1-3-27-20(25)24(18-9-4-5-10-19(18)26-2)23-13-11-22(12-14-23)17-8-6-7-16(21)15-17/h4-10,15H,3,11-14H2,1-2H3. The van der Waals surface area contributed by atoms with Crippen molar-refractivity contribution in [2.45, 2.75) is 6.92 Å². The van der Waals surface area contributed by atoms with E-state index in [9.17, 15) is 4.79 Å². The van der Waals surface area contributed by atoms with E-state index in [4.69, 9.17) is 21.1 Å². The molecule has 0 bridgehead atoms. The van der Waals surface area contributed by atoms with Crippen molar-refractivity contribution in [2.24, 2.45) is 0 Å². The molecule has 0 radical (unpaired) electrons. The highest BCUT2D eigenvalue weighted by molar-refractivity contribution is 6.30. The number of anilines is 2. The van der Waals surface area contributed by atoms with Crippen molar-refractivity contribution in [1.82, 2.24) is 5.01 Å². The van der Waals surface area contributed by atoms with Crippen LogP contribution < -0.4 is 14.6 Å². The minimum absolute atomic E-state index is 0.312. The highest BCUT2D eigenvalue weighted by Crippen LogP contribution is 2.30. The Morgan fingerprint density at radius 1 is 1.11 bits per heavy atom. The molecule has 1 amide bonds. The maximum absolute atomic E-state index is 12.7. The number of rotatable bonds is 5. The number of hydrazine groups is 1. The maximum Gasteiger partial charge on any atom is 0.429 e. The number of hydrogen-bond acceptors (Lipinski definition) is 5. The van der Waals surface area contributed by atoms with Gasteiger partial charge in [-0.2, -0.15) is 0 Å². The minimum Gasteiger partial charge on any atom is -0.495 e. The zero-order valence-corrected chi connectivity index (χ0v) is 16.4. The molecule has 1 aliphatic rings. The fourth-order valence-corrected chi connectivity index (χ4v) is 3.37. The van der Waals surface area contributed by atoms with Crippen LogP contribution in [0.5, 0.6) is 5.75 Å². The number of hydrogen-bond donors (Lipinski definition) is 0. The molecule has 6 nitrogen and oxygen atoms in total. The van der Waals surface area contributed by atoms with Gasteiger partial charge in [-0.15, -0.1) is 0 Å². The van der Waals surface area contributed by atoms with Crippen LogP contribution in [0, 0.1) is 0 Å². The molecule has 1 fully saturated rings. The largest absolute Gasteiger partial charge is 0.495 e. The van der Waals surface area contributed by atoms with Crippen molar-refractivity contribution in [2.75, 3.05) is 49.8 Å². The summed E-state index contributed by atoms with van der Waals surface area (Å²) >= 11 is 6.11. The van der Waals surface area contributed by atoms with Gasteiger partial charge >= 0.3 is 6.09 Å². The second-order valence-electron chi connectivity index (χ2n) is 6.10. The zero-order chi connectivity index (χ0) is 19.2. The van der Waals surface area contributed by atoms with Gasteiger partial charge in [-0.3, -0.25) is 0 Å². The highest BCUT2D eigenvalue weighted by atomic mass is 35.5. The molecular formula is C20H24ClN3O3. The fraction of sp³-hybridized carbons (Fsp3) is 0.350. The van der Waals surface area contributed by atoms with Gasteiger partial charge < -0.3 is 14.4 Å².